The molecule has 1 aromatic carbocycles. The summed E-state index contributed by atoms with van der Waals surface area (Å²) >= 11 is 0. The van der Waals surface area contributed by atoms with Crippen LogP contribution < -0.4 is 10.6 Å². The van der Waals surface area contributed by atoms with E-state index in [9.17, 15) is 0 Å². The van der Waals surface area contributed by atoms with E-state index in [1.165, 1.54) is 12.0 Å². The Hall–Kier alpha value is -2.25. The zero-order chi connectivity index (χ0) is 18.1. The van der Waals surface area contributed by atoms with Crippen LogP contribution in [0.2, 0.25) is 0 Å². The van der Waals surface area contributed by atoms with Crippen molar-refractivity contribution in [2.24, 2.45) is 4.99 Å². The molecule has 0 radical (unpaired) electrons. The van der Waals surface area contributed by atoms with Crippen molar-refractivity contribution in [1.82, 2.24) is 20.2 Å². The molecule has 7 heteroatoms. The fourth-order valence-electron chi connectivity index (χ4n) is 3.64. The molecule has 2 aliphatic rings. The molecule has 138 valence electrons. The number of anilines is 1. The zero-order valence-corrected chi connectivity index (χ0v) is 15.7. The number of benzene rings is 1. The molecular formula is C19H26N6O. The van der Waals surface area contributed by atoms with Crippen molar-refractivity contribution in [1.29, 1.82) is 0 Å². The van der Waals surface area contributed by atoms with Crippen molar-refractivity contribution in [2.45, 2.75) is 39.7 Å². The number of nitrogens with zero attached hydrogens (tertiary/aromatic N) is 4. The van der Waals surface area contributed by atoms with Crippen molar-refractivity contribution in [3.05, 3.63) is 29.0 Å². The highest BCUT2D eigenvalue weighted by atomic mass is 16.5. The zero-order valence-electron chi connectivity index (χ0n) is 15.7. The van der Waals surface area contributed by atoms with Gasteiger partial charge in [-0.1, -0.05) is 11.6 Å². The molecular weight excluding hydrogens is 328 g/mol. The van der Waals surface area contributed by atoms with E-state index in [-0.39, 0.29) is 0 Å². The Morgan fingerprint density at radius 2 is 2.15 bits per heavy atom. The van der Waals surface area contributed by atoms with Gasteiger partial charge in [-0.3, -0.25) is 10.2 Å². The number of nitrogens with one attached hydrogen (secondary N) is 2. The Morgan fingerprint density at radius 1 is 1.27 bits per heavy atom. The number of aliphatic imine (C=N–C) groups is 1. The molecule has 0 spiro atoms. The third kappa shape index (κ3) is 3.64. The van der Waals surface area contributed by atoms with Crippen molar-refractivity contribution in [2.75, 3.05) is 31.8 Å². The number of hydrogen-bond acceptors (Lipinski definition) is 7. The monoisotopic (exact) mass is 354 g/mol. The Kier molecular flexibility index (Phi) is 4.74. The normalized spacial score (nSPS) is 20.9. The van der Waals surface area contributed by atoms with E-state index in [1.54, 1.807) is 0 Å². The first-order chi connectivity index (χ1) is 12.6. The smallest absolute Gasteiger partial charge is 0.230 e. The standard InChI is InChI=1S/C19H26N6O/c1-12-7-13(2)17-16(8-12)14(3)22-19(23-17)24-18-20-10-25(11-21-18)9-15-5-4-6-26-15/h7-8,15H,4-6,9-11H2,1-3H3,(H2,20,21,22,23,24)/t15-/m1/s1. The lowest BCUT2D eigenvalue weighted by Gasteiger charge is -2.28. The van der Waals surface area contributed by atoms with E-state index >= 15 is 0 Å². The lowest BCUT2D eigenvalue weighted by molar-refractivity contribution is 0.0715. The maximum Gasteiger partial charge on any atom is 0.230 e. The highest BCUT2D eigenvalue weighted by Gasteiger charge is 2.21. The minimum Gasteiger partial charge on any atom is -0.377 e. The average Bonchev–Trinajstić information content (AvgIpc) is 3.11. The molecule has 1 saturated heterocycles. The van der Waals surface area contributed by atoms with E-state index in [1.807, 2.05) is 6.92 Å². The molecule has 0 saturated carbocycles. The average molecular weight is 354 g/mol. The van der Waals surface area contributed by atoms with Crippen LogP contribution >= 0.6 is 0 Å². The molecule has 4 rings (SSSR count). The number of fused-ring (bicyclic) bond motifs is 1. The van der Waals surface area contributed by atoms with Crippen molar-refractivity contribution in [3.63, 3.8) is 0 Å². The molecule has 0 amide bonds. The molecule has 0 aliphatic carbocycles. The number of aromatic nitrogens is 2. The Balaban J connectivity index is 1.46. The first-order valence-corrected chi connectivity index (χ1v) is 9.23. The number of aryl methyl sites for hydroxylation is 3. The van der Waals surface area contributed by atoms with Crippen LogP contribution in [0.15, 0.2) is 17.1 Å². The first kappa shape index (κ1) is 17.2. The van der Waals surface area contributed by atoms with E-state index in [0.717, 1.165) is 54.4 Å². The predicted molar refractivity (Wildman–Crippen MR) is 103 cm³/mol. The molecule has 2 aliphatic heterocycles. The van der Waals surface area contributed by atoms with E-state index in [2.05, 4.69) is 51.5 Å². The van der Waals surface area contributed by atoms with Gasteiger partial charge in [-0.15, -0.1) is 0 Å². The van der Waals surface area contributed by atoms with E-state index in [0.29, 0.717) is 18.7 Å². The summed E-state index contributed by atoms with van der Waals surface area (Å²) in [4.78, 5) is 16.1. The van der Waals surface area contributed by atoms with Crippen LogP contribution in [0.5, 0.6) is 0 Å². The van der Waals surface area contributed by atoms with Gasteiger partial charge in [0.25, 0.3) is 0 Å². The van der Waals surface area contributed by atoms with Crippen LogP contribution in [-0.4, -0.2) is 53.4 Å². The summed E-state index contributed by atoms with van der Waals surface area (Å²) in [6.07, 6.45) is 2.66. The molecule has 0 bridgehead atoms. The summed E-state index contributed by atoms with van der Waals surface area (Å²) in [6.45, 7) is 9.42. The van der Waals surface area contributed by atoms with Crippen LogP contribution in [0.3, 0.4) is 0 Å². The quantitative estimate of drug-likeness (QED) is 0.881. The fraction of sp³-hybridized carbons (Fsp3) is 0.526. The largest absolute Gasteiger partial charge is 0.377 e. The highest BCUT2D eigenvalue weighted by molar-refractivity contribution is 5.94. The minimum absolute atomic E-state index is 0.347. The molecule has 3 heterocycles. The number of ether oxygens (including phenoxy) is 1. The van der Waals surface area contributed by atoms with Crippen molar-refractivity contribution in [3.8, 4) is 0 Å². The van der Waals surface area contributed by atoms with Crippen molar-refractivity contribution < 1.29 is 4.74 Å². The lowest BCUT2D eigenvalue weighted by atomic mass is 10.1. The molecule has 0 unspecified atom stereocenters. The first-order valence-electron chi connectivity index (χ1n) is 9.23. The van der Waals surface area contributed by atoms with Gasteiger partial charge in [-0.25, -0.2) is 15.0 Å². The molecule has 2 N–H and O–H groups in total. The number of hydrogen-bond donors (Lipinski definition) is 2. The van der Waals surface area contributed by atoms with Gasteiger partial charge in [0.05, 0.1) is 30.7 Å². The van der Waals surface area contributed by atoms with Crippen LogP contribution in [0.25, 0.3) is 10.9 Å². The third-order valence-electron chi connectivity index (χ3n) is 4.94. The molecule has 26 heavy (non-hydrogen) atoms. The number of rotatable bonds is 3. The van der Waals surface area contributed by atoms with Crippen LogP contribution in [0.4, 0.5) is 5.95 Å². The van der Waals surface area contributed by atoms with E-state index in [4.69, 9.17) is 9.72 Å². The Morgan fingerprint density at radius 3 is 2.88 bits per heavy atom. The molecule has 1 aromatic heterocycles. The maximum absolute atomic E-state index is 5.70. The third-order valence-corrected chi connectivity index (χ3v) is 4.94. The van der Waals surface area contributed by atoms with Gasteiger partial charge in [0, 0.05) is 18.5 Å². The SMILES string of the molecule is Cc1cc(C)c2nc(NC3=NCN(C[C@H]4CCCO4)CN3)nc(C)c2c1. The van der Waals surface area contributed by atoms with Gasteiger partial charge in [-0.05, 0) is 45.2 Å². The Bertz CT molecular complexity index is 844. The Labute approximate surface area is 153 Å². The van der Waals surface area contributed by atoms with Gasteiger partial charge in [0.15, 0.2) is 0 Å². The van der Waals surface area contributed by atoms with Crippen LogP contribution in [0.1, 0.15) is 29.7 Å². The summed E-state index contributed by atoms with van der Waals surface area (Å²) in [5.41, 5.74) is 4.35. The second-order valence-corrected chi connectivity index (χ2v) is 7.21. The summed E-state index contributed by atoms with van der Waals surface area (Å²) in [5, 5.41) is 7.65. The van der Waals surface area contributed by atoms with Gasteiger partial charge in [0.1, 0.15) is 0 Å². The van der Waals surface area contributed by atoms with Crippen LogP contribution in [-0.2, 0) is 4.74 Å². The molecule has 1 atom stereocenters. The molecule has 2 aromatic rings. The van der Waals surface area contributed by atoms with Crippen molar-refractivity contribution >= 4 is 22.8 Å². The summed E-state index contributed by atoms with van der Waals surface area (Å²) < 4.78 is 5.70. The highest BCUT2D eigenvalue weighted by Crippen LogP contribution is 2.22. The minimum atomic E-state index is 0.347. The van der Waals surface area contributed by atoms with Gasteiger partial charge in [-0.2, -0.15) is 0 Å². The summed E-state index contributed by atoms with van der Waals surface area (Å²) in [6, 6.07) is 4.29. The van der Waals surface area contributed by atoms with Gasteiger partial charge in [0.2, 0.25) is 11.9 Å². The second-order valence-electron chi connectivity index (χ2n) is 7.21. The fourth-order valence-corrected chi connectivity index (χ4v) is 3.64. The second kappa shape index (κ2) is 7.17. The van der Waals surface area contributed by atoms with Gasteiger partial charge < -0.3 is 10.1 Å². The summed E-state index contributed by atoms with van der Waals surface area (Å²) in [5.74, 6) is 1.30. The topological polar surface area (TPSA) is 74.7 Å². The molecule has 1 fully saturated rings. The van der Waals surface area contributed by atoms with Crippen LogP contribution in [0, 0.1) is 20.8 Å². The number of guanidine groups is 1. The summed E-state index contributed by atoms with van der Waals surface area (Å²) in [7, 11) is 0. The van der Waals surface area contributed by atoms with E-state index < -0.39 is 0 Å². The predicted octanol–water partition coefficient (Wildman–Crippen LogP) is 2.32. The molecule has 7 nitrogen and oxygen atoms in total. The lowest BCUT2D eigenvalue weighted by Crippen LogP contribution is -2.48. The van der Waals surface area contributed by atoms with Gasteiger partial charge >= 0.3 is 0 Å². The maximum atomic E-state index is 5.70.